The standard InChI is InChI=1S/C24H24N2O7/c1-4-5-10-8-14(26(2)3)13-7-11-6-12-9-15(27)18(23(25)32)22(31)24(12,33)21(30)16(11)20(29)17(13)19(10)28/h8,11-12,28-29,31,33H,6-7,9H2,1-3H3,(H2,25,32). The van der Waals surface area contributed by atoms with E-state index in [0.29, 0.717) is 11.3 Å². The summed E-state index contributed by atoms with van der Waals surface area (Å²) in [6, 6.07) is 1.70. The SMILES string of the molecule is CC#Cc1cc(N(C)C)c2c(c1O)C(O)=C1C(=O)C3(O)C(O)=C(C(N)=O)C(=O)CC3CC1C2. The molecule has 3 unspecified atom stereocenters. The number of Topliss-reactive ketones (excluding diaryl/α,β-unsaturated/α-hetero) is 2. The van der Waals surface area contributed by atoms with E-state index in [2.05, 4.69) is 11.8 Å². The van der Waals surface area contributed by atoms with Crippen LogP contribution in [0.25, 0.3) is 5.76 Å². The average molecular weight is 452 g/mol. The fourth-order valence-corrected chi connectivity index (χ4v) is 5.30. The van der Waals surface area contributed by atoms with E-state index in [0.717, 1.165) is 0 Å². The third kappa shape index (κ3) is 2.94. The Balaban J connectivity index is 1.99. The Hall–Kier alpha value is -3.77. The molecule has 172 valence electrons. The largest absolute Gasteiger partial charge is 0.508 e. The number of phenolic OH excluding ortho intramolecular Hbond substituents is 1. The van der Waals surface area contributed by atoms with Gasteiger partial charge in [-0.1, -0.05) is 5.92 Å². The highest BCUT2D eigenvalue weighted by Crippen LogP contribution is 2.53. The lowest BCUT2D eigenvalue weighted by molar-refractivity contribution is -0.147. The highest BCUT2D eigenvalue weighted by atomic mass is 16.3. The molecule has 0 heterocycles. The van der Waals surface area contributed by atoms with Crippen LogP contribution in [-0.4, -0.2) is 57.6 Å². The summed E-state index contributed by atoms with van der Waals surface area (Å²) < 4.78 is 0. The summed E-state index contributed by atoms with van der Waals surface area (Å²) in [5.41, 5.74) is 3.22. The molecule has 1 aromatic rings. The molecule has 9 heteroatoms. The van der Waals surface area contributed by atoms with Gasteiger partial charge in [0.2, 0.25) is 5.78 Å². The molecule has 1 fully saturated rings. The molecule has 0 bridgehead atoms. The van der Waals surface area contributed by atoms with Crippen molar-refractivity contribution in [2.75, 3.05) is 19.0 Å². The minimum absolute atomic E-state index is 0.0334. The van der Waals surface area contributed by atoms with Crippen molar-refractivity contribution in [1.82, 2.24) is 0 Å². The van der Waals surface area contributed by atoms with Gasteiger partial charge in [-0.2, -0.15) is 0 Å². The monoisotopic (exact) mass is 452 g/mol. The molecule has 0 radical (unpaired) electrons. The maximum Gasteiger partial charge on any atom is 0.255 e. The number of aliphatic hydroxyl groups excluding tert-OH is 2. The van der Waals surface area contributed by atoms with Crippen molar-refractivity contribution in [3.63, 3.8) is 0 Å². The average Bonchev–Trinajstić information content (AvgIpc) is 2.72. The number of aliphatic hydroxyl groups is 3. The lowest BCUT2D eigenvalue weighted by Gasteiger charge is -2.46. The van der Waals surface area contributed by atoms with Crippen LogP contribution < -0.4 is 10.6 Å². The Morgan fingerprint density at radius 2 is 1.88 bits per heavy atom. The molecule has 9 nitrogen and oxygen atoms in total. The Kier molecular flexibility index (Phi) is 5.02. The van der Waals surface area contributed by atoms with Gasteiger partial charge < -0.3 is 31.1 Å². The Morgan fingerprint density at radius 3 is 2.45 bits per heavy atom. The number of hydrogen-bond donors (Lipinski definition) is 5. The first-order chi connectivity index (χ1) is 15.4. The number of nitrogens with zero attached hydrogens (tertiary/aromatic N) is 1. The number of nitrogens with two attached hydrogens (primary N) is 1. The van der Waals surface area contributed by atoms with E-state index in [1.807, 2.05) is 0 Å². The molecule has 4 rings (SSSR count). The molecule has 1 amide bonds. The van der Waals surface area contributed by atoms with Gasteiger partial charge in [0.05, 0.1) is 11.1 Å². The molecular formula is C24H24N2O7. The molecule has 0 aliphatic heterocycles. The second kappa shape index (κ2) is 7.39. The van der Waals surface area contributed by atoms with Crippen LogP contribution in [0.1, 0.15) is 36.5 Å². The van der Waals surface area contributed by atoms with E-state index >= 15 is 0 Å². The first kappa shape index (κ1) is 22.4. The molecule has 1 saturated carbocycles. The molecule has 0 saturated heterocycles. The van der Waals surface area contributed by atoms with Crippen molar-refractivity contribution in [3.8, 4) is 17.6 Å². The number of phenols is 1. The second-order valence-electron chi connectivity index (χ2n) is 8.82. The topological polar surface area (TPSA) is 161 Å². The number of carbonyl (C=O) groups excluding carboxylic acids is 3. The number of aromatic hydroxyl groups is 1. The number of fused-ring (bicyclic) bond motifs is 3. The van der Waals surface area contributed by atoms with Crippen LogP contribution in [0.2, 0.25) is 0 Å². The number of amides is 1. The van der Waals surface area contributed by atoms with Crippen LogP contribution in [0.15, 0.2) is 23.0 Å². The maximum atomic E-state index is 13.5. The predicted octanol–water partition coefficient (Wildman–Crippen LogP) is 0.861. The van der Waals surface area contributed by atoms with Crippen LogP contribution >= 0.6 is 0 Å². The van der Waals surface area contributed by atoms with Gasteiger partial charge in [0.25, 0.3) is 5.91 Å². The smallest absolute Gasteiger partial charge is 0.255 e. The van der Waals surface area contributed by atoms with Crippen LogP contribution in [0.4, 0.5) is 5.69 Å². The first-order valence-corrected chi connectivity index (χ1v) is 10.4. The number of benzene rings is 1. The minimum atomic E-state index is -2.57. The third-order valence-corrected chi connectivity index (χ3v) is 6.78. The van der Waals surface area contributed by atoms with E-state index in [-0.39, 0.29) is 41.7 Å². The lowest BCUT2D eigenvalue weighted by atomic mass is 9.59. The van der Waals surface area contributed by atoms with Gasteiger partial charge in [0.1, 0.15) is 22.8 Å². The summed E-state index contributed by atoms with van der Waals surface area (Å²) in [4.78, 5) is 39.4. The predicted molar refractivity (Wildman–Crippen MR) is 118 cm³/mol. The summed E-state index contributed by atoms with van der Waals surface area (Å²) >= 11 is 0. The van der Waals surface area contributed by atoms with E-state index in [1.54, 1.807) is 32.0 Å². The fraction of sp³-hybridized carbons (Fsp3) is 0.375. The van der Waals surface area contributed by atoms with Crippen LogP contribution in [0.5, 0.6) is 5.75 Å². The molecule has 33 heavy (non-hydrogen) atoms. The molecule has 0 aromatic heterocycles. The number of hydrogen-bond acceptors (Lipinski definition) is 8. The summed E-state index contributed by atoms with van der Waals surface area (Å²) in [5, 5.41) is 43.9. The number of rotatable bonds is 2. The van der Waals surface area contributed by atoms with Crippen molar-refractivity contribution in [1.29, 1.82) is 0 Å². The van der Waals surface area contributed by atoms with E-state index in [9.17, 15) is 34.8 Å². The molecule has 3 atom stereocenters. The van der Waals surface area contributed by atoms with E-state index < -0.39 is 52.0 Å². The molecular weight excluding hydrogens is 428 g/mol. The van der Waals surface area contributed by atoms with Gasteiger partial charge in [-0.05, 0) is 37.3 Å². The van der Waals surface area contributed by atoms with Crippen LogP contribution in [0, 0.1) is 23.7 Å². The molecule has 6 N–H and O–H groups in total. The summed E-state index contributed by atoms with van der Waals surface area (Å²) in [6.45, 7) is 1.60. The molecule has 3 aliphatic rings. The summed E-state index contributed by atoms with van der Waals surface area (Å²) in [7, 11) is 3.59. The highest BCUT2D eigenvalue weighted by Gasteiger charge is 2.60. The zero-order chi connectivity index (χ0) is 24.4. The number of anilines is 1. The van der Waals surface area contributed by atoms with Gasteiger partial charge in [-0.25, -0.2) is 0 Å². The quantitative estimate of drug-likeness (QED) is 0.326. The molecule has 0 spiro atoms. The lowest BCUT2D eigenvalue weighted by Crippen LogP contribution is -2.58. The molecule has 3 aliphatic carbocycles. The van der Waals surface area contributed by atoms with Crippen molar-refractivity contribution < 1.29 is 34.8 Å². The van der Waals surface area contributed by atoms with Gasteiger partial charge in [-0.15, -0.1) is 5.92 Å². The third-order valence-electron chi connectivity index (χ3n) is 6.78. The normalized spacial score (nSPS) is 26.2. The second-order valence-corrected chi connectivity index (χ2v) is 8.82. The minimum Gasteiger partial charge on any atom is -0.508 e. The Labute approximate surface area is 189 Å². The molecule has 1 aromatic carbocycles. The summed E-state index contributed by atoms with van der Waals surface area (Å²) in [6.07, 6.45) is -0.0128. The summed E-state index contributed by atoms with van der Waals surface area (Å²) in [5.74, 6) is -1.02. The van der Waals surface area contributed by atoms with Crippen molar-refractivity contribution >= 4 is 28.9 Å². The van der Waals surface area contributed by atoms with Gasteiger partial charge >= 0.3 is 0 Å². The number of primary amides is 1. The van der Waals surface area contributed by atoms with Crippen molar-refractivity contribution in [2.45, 2.75) is 31.8 Å². The maximum absolute atomic E-state index is 13.5. The van der Waals surface area contributed by atoms with Gasteiger partial charge in [0.15, 0.2) is 11.4 Å². The van der Waals surface area contributed by atoms with E-state index in [4.69, 9.17) is 5.73 Å². The van der Waals surface area contributed by atoms with Crippen molar-refractivity contribution in [3.05, 3.63) is 39.7 Å². The number of ketones is 2. The highest BCUT2D eigenvalue weighted by molar-refractivity contribution is 6.22. The first-order valence-electron chi connectivity index (χ1n) is 10.4. The number of carbonyl (C=O) groups is 3. The van der Waals surface area contributed by atoms with Crippen LogP contribution in [-0.2, 0) is 20.8 Å². The fourth-order valence-electron chi connectivity index (χ4n) is 5.30. The Morgan fingerprint density at radius 1 is 1.21 bits per heavy atom. The zero-order valence-corrected chi connectivity index (χ0v) is 18.4. The van der Waals surface area contributed by atoms with Gasteiger partial charge in [0, 0.05) is 37.7 Å². The Bertz CT molecular complexity index is 1260. The van der Waals surface area contributed by atoms with Crippen molar-refractivity contribution in [2.24, 2.45) is 17.6 Å². The van der Waals surface area contributed by atoms with Gasteiger partial charge in [-0.3, -0.25) is 14.4 Å². The zero-order valence-electron chi connectivity index (χ0n) is 18.4. The van der Waals surface area contributed by atoms with E-state index in [1.165, 1.54) is 0 Å². The van der Waals surface area contributed by atoms with Crippen LogP contribution in [0.3, 0.4) is 0 Å².